The van der Waals surface area contributed by atoms with Crippen LogP contribution >= 0.6 is 11.6 Å². The molecule has 0 spiro atoms. The number of rotatable bonds is 2. The van der Waals surface area contributed by atoms with Crippen LogP contribution in [0.25, 0.3) is 0 Å². The maximum absolute atomic E-state index is 10.5. The van der Waals surface area contributed by atoms with Gasteiger partial charge in [0, 0.05) is 18.7 Å². The van der Waals surface area contributed by atoms with Crippen molar-refractivity contribution in [3.05, 3.63) is 28.8 Å². The van der Waals surface area contributed by atoms with Gasteiger partial charge in [-0.25, -0.2) is 0 Å². The van der Waals surface area contributed by atoms with E-state index in [4.69, 9.17) is 11.6 Å². The first kappa shape index (κ1) is 10.5. The van der Waals surface area contributed by atoms with Crippen LogP contribution in [-0.4, -0.2) is 30.6 Å². The molecule has 1 heterocycles. The summed E-state index contributed by atoms with van der Waals surface area (Å²) in [4.78, 5) is 12.6. The number of carbonyl (C=O) groups excluding carboxylic acids is 1. The van der Waals surface area contributed by atoms with Crippen LogP contribution in [0.3, 0.4) is 0 Å². The largest absolute Gasteiger partial charge is 0.391 e. The summed E-state index contributed by atoms with van der Waals surface area (Å²) in [5.74, 6) is 0. The molecule has 1 saturated heterocycles. The number of nitrogens with zero attached hydrogens (tertiary/aromatic N) is 1. The summed E-state index contributed by atoms with van der Waals surface area (Å²) in [7, 11) is 0. The van der Waals surface area contributed by atoms with E-state index in [-0.39, 0.29) is 6.10 Å². The van der Waals surface area contributed by atoms with Crippen LogP contribution in [0.15, 0.2) is 18.2 Å². The van der Waals surface area contributed by atoms with Crippen LogP contribution in [0.2, 0.25) is 5.02 Å². The van der Waals surface area contributed by atoms with Crippen molar-refractivity contribution in [3.8, 4) is 0 Å². The first-order valence-corrected chi connectivity index (χ1v) is 5.26. The number of anilines is 1. The summed E-state index contributed by atoms with van der Waals surface area (Å²) >= 11 is 6.05. The van der Waals surface area contributed by atoms with Crippen molar-refractivity contribution in [1.29, 1.82) is 0 Å². The van der Waals surface area contributed by atoms with Gasteiger partial charge in [-0.1, -0.05) is 11.6 Å². The zero-order valence-electron chi connectivity index (χ0n) is 8.19. The summed E-state index contributed by atoms with van der Waals surface area (Å²) in [5, 5.41) is 9.98. The third kappa shape index (κ3) is 2.13. The van der Waals surface area contributed by atoms with Crippen LogP contribution in [-0.2, 0) is 0 Å². The minimum absolute atomic E-state index is 0.271. The fourth-order valence-corrected chi connectivity index (χ4v) is 2.12. The molecule has 2 rings (SSSR count). The maximum Gasteiger partial charge on any atom is 0.150 e. The molecule has 0 aromatic heterocycles. The quantitative estimate of drug-likeness (QED) is 0.780. The summed E-state index contributed by atoms with van der Waals surface area (Å²) in [6.45, 7) is 1.42. The minimum Gasteiger partial charge on any atom is -0.391 e. The van der Waals surface area contributed by atoms with Gasteiger partial charge in [0.25, 0.3) is 0 Å². The molecule has 0 saturated carbocycles. The van der Waals surface area contributed by atoms with Gasteiger partial charge in [0.05, 0.1) is 16.8 Å². The Labute approximate surface area is 93.3 Å². The lowest BCUT2D eigenvalue weighted by Gasteiger charge is -2.19. The molecule has 1 N–H and O–H groups in total. The fraction of sp³-hybridized carbons (Fsp3) is 0.364. The van der Waals surface area contributed by atoms with E-state index in [1.165, 1.54) is 0 Å². The normalized spacial score (nSPS) is 20.7. The van der Waals surface area contributed by atoms with Crippen molar-refractivity contribution in [2.45, 2.75) is 12.5 Å². The van der Waals surface area contributed by atoms with Crippen LogP contribution in [0.4, 0.5) is 5.69 Å². The molecule has 1 aliphatic heterocycles. The van der Waals surface area contributed by atoms with E-state index in [1.54, 1.807) is 12.1 Å². The predicted molar refractivity (Wildman–Crippen MR) is 59.7 cm³/mol. The lowest BCUT2D eigenvalue weighted by atomic mass is 10.2. The smallest absolute Gasteiger partial charge is 0.150 e. The van der Waals surface area contributed by atoms with Gasteiger partial charge in [0.2, 0.25) is 0 Å². The van der Waals surface area contributed by atoms with Crippen LogP contribution < -0.4 is 4.90 Å². The number of aldehydes is 1. The average Bonchev–Trinajstić information content (AvgIpc) is 2.64. The van der Waals surface area contributed by atoms with Crippen molar-refractivity contribution >= 4 is 23.6 Å². The van der Waals surface area contributed by atoms with E-state index in [1.807, 2.05) is 11.0 Å². The molecule has 1 fully saturated rings. The standard InChI is InChI=1S/C11H12ClNO2/c12-10-5-8(7-14)1-2-11(10)13-4-3-9(15)6-13/h1-2,5,7,9,15H,3-4,6H2. The number of hydrogen-bond donors (Lipinski definition) is 1. The molecule has 3 nitrogen and oxygen atoms in total. The second-order valence-corrected chi connectivity index (χ2v) is 4.12. The van der Waals surface area contributed by atoms with Gasteiger partial charge in [0.1, 0.15) is 6.29 Å². The summed E-state index contributed by atoms with van der Waals surface area (Å²) in [5.41, 5.74) is 1.46. The third-order valence-electron chi connectivity index (χ3n) is 2.61. The van der Waals surface area contributed by atoms with Crippen LogP contribution in [0.1, 0.15) is 16.8 Å². The molecular weight excluding hydrogens is 214 g/mol. The Morgan fingerprint density at radius 2 is 2.33 bits per heavy atom. The molecule has 0 bridgehead atoms. The topological polar surface area (TPSA) is 40.5 Å². The van der Waals surface area contributed by atoms with Gasteiger partial charge in [0.15, 0.2) is 0 Å². The van der Waals surface area contributed by atoms with Gasteiger partial charge in [-0.2, -0.15) is 0 Å². The molecule has 0 radical (unpaired) electrons. The lowest BCUT2D eigenvalue weighted by Crippen LogP contribution is -2.21. The van der Waals surface area contributed by atoms with E-state index in [0.29, 0.717) is 17.1 Å². The SMILES string of the molecule is O=Cc1ccc(N2CCC(O)C2)c(Cl)c1. The van der Waals surface area contributed by atoms with E-state index in [0.717, 1.165) is 24.9 Å². The molecule has 1 unspecified atom stereocenters. The number of benzene rings is 1. The van der Waals surface area contributed by atoms with Gasteiger partial charge in [-0.05, 0) is 24.6 Å². The molecule has 1 aromatic carbocycles. The predicted octanol–water partition coefficient (Wildman–Crippen LogP) is 1.72. The molecule has 1 atom stereocenters. The Morgan fingerprint density at radius 3 is 2.87 bits per heavy atom. The monoisotopic (exact) mass is 225 g/mol. The Balaban J connectivity index is 2.25. The zero-order valence-corrected chi connectivity index (χ0v) is 8.94. The van der Waals surface area contributed by atoms with Crippen molar-refractivity contribution in [3.63, 3.8) is 0 Å². The minimum atomic E-state index is -0.271. The Bertz CT molecular complexity index is 381. The molecule has 15 heavy (non-hydrogen) atoms. The fourth-order valence-electron chi connectivity index (χ4n) is 1.81. The molecule has 80 valence electrons. The number of hydrogen-bond acceptors (Lipinski definition) is 3. The zero-order chi connectivity index (χ0) is 10.8. The first-order chi connectivity index (χ1) is 7.20. The van der Waals surface area contributed by atoms with Gasteiger partial charge in [-0.15, -0.1) is 0 Å². The lowest BCUT2D eigenvalue weighted by molar-refractivity contribution is 0.112. The van der Waals surface area contributed by atoms with Crippen molar-refractivity contribution in [1.82, 2.24) is 0 Å². The highest BCUT2D eigenvalue weighted by Crippen LogP contribution is 2.29. The highest BCUT2D eigenvalue weighted by Gasteiger charge is 2.21. The second-order valence-electron chi connectivity index (χ2n) is 3.72. The van der Waals surface area contributed by atoms with Crippen LogP contribution in [0.5, 0.6) is 0 Å². The average molecular weight is 226 g/mol. The number of aliphatic hydroxyl groups excluding tert-OH is 1. The second kappa shape index (κ2) is 4.21. The van der Waals surface area contributed by atoms with Crippen molar-refractivity contribution < 1.29 is 9.90 Å². The molecule has 0 aliphatic carbocycles. The number of carbonyl (C=O) groups is 1. The van der Waals surface area contributed by atoms with E-state index in [9.17, 15) is 9.90 Å². The molecule has 0 amide bonds. The number of halogens is 1. The summed E-state index contributed by atoms with van der Waals surface area (Å²) < 4.78 is 0. The van der Waals surface area contributed by atoms with E-state index >= 15 is 0 Å². The van der Waals surface area contributed by atoms with E-state index < -0.39 is 0 Å². The Hall–Kier alpha value is -1.06. The van der Waals surface area contributed by atoms with Gasteiger partial charge < -0.3 is 10.0 Å². The Morgan fingerprint density at radius 1 is 1.53 bits per heavy atom. The maximum atomic E-state index is 10.5. The van der Waals surface area contributed by atoms with Crippen LogP contribution in [0, 0.1) is 0 Å². The van der Waals surface area contributed by atoms with Crippen molar-refractivity contribution in [2.24, 2.45) is 0 Å². The number of β-amino-alcohol motifs (C(OH)–C–C–N with tert-alkyl or cyclic N) is 1. The number of aliphatic hydroxyl groups is 1. The highest BCUT2D eigenvalue weighted by atomic mass is 35.5. The van der Waals surface area contributed by atoms with E-state index in [2.05, 4.69) is 0 Å². The molecule has 1 aliphatic rings. The molecular formula is C11H12ClNO2. The third-order valence-corrected chi connectivity index (χ3v) is 2.91. The Kier molecular flexibility index (Phi) is 2.93. The van der Waals surface area contributed by atoms with Gasteiger partial charge >= 0.3 is 0 Å². The van der Waals surface area contributed by atoms with Gasteiger partial charge in [-0.3, -0.25) is 4.79 Å². The van der Waals surface area contributed by atoms with Crippen molar-refractivity contribution in [2.75, 3.05) is 18.0 Å². The summed E-state index contributed by atoms with van der Waals surface area (Å²) in [6.07, 6.45) is 1.27. The molecule has 4 heteroatoms. The highest BCUT2D eigenvalue weighted by molar-refractivity contribution is 6.33. The first-order valence-electron chi connectivity index (χ1n) is 4.88. The summed E-state index contributed by atoms with van der Waals surface area (Å²) in [6, 6.07) is 5.21. The molecule has 1 aromatic rings.